The van der Waals surface area contributed by atoms with Crippen molar-refractivity contribution in [2.24, 2.45) is 0 Å². The van der Waals surface area contributed by atoms with Gasteiger partial charge in [-0.25, -0.2) is 13.1 Å². The van der Waals surface area contributed by atoms with Gasteiger partial charge < -0.3 is 9.84 Å². The van der Waals surface area contributed by atoms with Gasteiger partial charge in [-0.2, -0.15) is 11.8 Å². The summed E-state index contributed by atoms with van der Waals surface area (Å²) in [5.41, 5.74) is 4.17. The predicted molar refractivity (Wildman–Crippen MR) is 123 cm³/mol. The zero-order valence-electron chi connectivity index (χ0n) is 16.0. The third-order valence-electron chi connectivity index (χ3n) is 4.85. The Balaban J connectivity index is 1.62. The molecule has 0 saturated carbocycles. The van der Waals surface area contributed by atoms with Crippen LogP contribution in [-0.4, -0.2) is 19.3 Å². The van der Waals surface area contributed by atoms with E-state index < -0.39 is 10.0 Å². The quantitative estimate of drug-likeness (QED) is 0.453. The van der Waals surface area contributed by atoms with E-state index in [4.69, 9.17) is 16.1 Å². The number of anilines is 1. The molecule has 2 N–H and O–H groups in total. The average molecular weight is 529 g/mol. The Hall–Kier alpha value is -1.52. The SMILES string of the molecule is Cc1conc1CNc1ccc(Cl)cc1S(=O)(=O)NC1CSCc2ccc(Br)cc21. The molecule has 1 aliphatic rings. The standard InChI is InChI=1S/C20H19BrClN3O3S2/c1-12-9-28-24-18(12)8-23-17-5-4-15(22)7-20(17)30(26,27)25-19-11-29-10-13-2-3-14(21)6-16(13)19/h2-7,9,19,23,25H,8,10-11H2,1H3. The summed E-state index contributed by atoms with van der Waals surface area (Å²) < 4.78 is 35.4. The van der Waals surface area contributed by atoms with E-state index in [2.05, 4.69) is 31.1 Å². The lowest BCUT2D eigenvalue weighted by Gasteiger charge is -2.26. The number of nitrogens with zero attached hydrogens (tertiary/aromatic N) is 1. The minimum absolute atomic E-state index is 0.100. The lowest BCUT2D eigenvalue weighted by atomic mass is 10.0. The maximum absolute atomic E-state index is 13.3. The Morgan fingerprint density at radius 1 is 1.30 bits per heavy atom. The molecule has 0 saturated heterocycles. The highest BCUT2D eigenvalue weighted by Crippen LogP contribution is 2.35. The van der Waals surface area contributed by atoms with Crippen LogP contribution in [0.1, 0.15) is 28.4 Å². The number of nitrogens with one attached hydrogen (secondary N) is 2. The summed E-state index contributed by atoms with van der Waals surface area (Å²) in [5, 5.41) is 7.42. The van der Waals surface area contributed by atoms with E-state index in [0.717, 1.165) is 26.9 Å². The van der Waals surface area contributed by atoms with Gasteiger partial charge in [-0.15, -0.1) is 0 Å². The van der Waals surface area contributed by atoms with Crippen molar-refractivity contribution in [2.75, 3.05) is 11.1 Å². The number of hydrogen-bond donors (Lipinski definition) is 2. The maximum Gasteiger partial charge on any atom is 0.243 e. The first kappa shape index (κ1) is 21.7. The molecular weight excluding hydrogens is 510 g/mol. The van der Waals surface area contributed by atoms with Crippen LogP contribution in [0.5, 0.6) is 0 Å². The second kappa shape index (κ2) is 8.92. The van der Waals surface area contributed by atoms with E-state index in [-0.39, 0.29) is 10.9 Å². The smallest absolute Gasteiger partial charge is 0.243 e. The highest BCUT2D eigenvalue weighted by molar-refractivity contribution is 9.10. The largest absolute Gasteiger partial charge is 0.378 e. The molecule has 4 rings (SSSR count). The van der Waals surface area contributed by atoms with Crippen molar-refractivity contribution in [1.29, 1.82) is 0 Å². The number of halogens is 2. The molecule has 1 aromatic heterocycles. The average Bonchev–Trinajstić information content (AvgIpc) is 3.12. The van der Waals surface area contributed by atoms with Crippen LogP contribution in [0.3, 0.4) is 0 Å². The van der Waals surface area contributed by atoms with Crippen LogP contribution in [0.4, 0.5) is 5.69 Å². The summed E-state index contributed by atoms with van der Waals surface area (Å²) in [6.07, 6.45) is 1.55. The number of rotatable bonds is 6. The highest BCUT2D eigenvalue weighted by Gasteiger charge is 2.28. The van der Waals surface area contributed by atoms with Crippen LogP contribution < -0.4 is 10.0 Å². The Morgan fingerprint density at radius 3 is 2.90 bits per heavy atom. The van der Waals surface area contributed by atoms with Crippen molar-refractivity contribution in [3.05, 3.63) is 74.5 Å². The van der Waals surface area contributed by atoms with E-state index in [1.165, 1.54) is 6.07 Å². The third kappa shape index (κ3) is 4.70. The summed E-state index contributed by atoms with van der Waals surface area (Å²) in [6, 6.07) is 10.4. The van der Waals surface area contributed by atoms with Crippen molar-refractivity contribution < 1.29 is 12.9 Å². The topological polar surface area (TPSA) is 84.2 Å². The molecule has 0 aliphatic carbocycles. The van der Waals surface area contributed by atoms with Gasteiger partial charge in [-0.05, 0) is 48.4 Å². The van der Waals surface area contributed by atoms with Crippen LogP contribution in [0.25, 0.3) is 0 Å². The zero-order chi connectivity index (χ0) is 21.3. The molecular formula is C20H19BrClN3O3S2. The summed E-state index contributed by atoms with van der Waals surface area (Å²) in [4.78, 5) is 0.100. The van der Waals surface area contributed by atoms with Gasteiger partial charge in [0.1, 0.15) is 16.9 Å². The van der Waals surface area contributed by atoms with Gasteiger partial charge in [-0.3, -0.25) is 0 Å². The Labute approximate surface area is 192 Å². The molecule has 0 bridgehead atoms. The fourth-order valence-corrected chi connectivity index (χ4v) is 6.51. The number of aryl methyl sites for hydroxylation is 1. The van der Waals surface area contributed by atoms with E-state index >= 15 is 0 Å². The number of aromatic nitrogens is 1. The molecule has 6 nitrogen and oxygen atoms in total. The van der Waals surface area contributed by atoms with Crippen LogP contribution >= 0.6 is 39.3 Å². The lowest BCUT2D eigenvalue weighted by Crippen LogP contribution is -2.32. The first-order chi connectivity index (χ1) is 14.3. The second-order valence-corrected chi connectivity index (χ2v) is 11.0. The van der Waals surface area contributed by atoms with Crippen molar-refractivity contribution in [3.63, 3.8) is 0 Å². The van der Waals surface area contributed by atoms with Crippen molar-refractivity contribution in [1.82, 2.24) is 9.88 Å². The molecule has 3 aromatic rings. The third-order valence-corrected chi connectivity index (χ3v) is 8.17. The Kier molecular flexibility index (Phi) is 6.45. The maximum atomic E-state index is 13.3. The first-order valence-electron chi connectivity index (χ1n) is 9.15. The van der Waals surface area contributed by atoms with Gasteiger partial charge in [0.15, 0.2) is 0 Å². The summed E-state index contributed by atoms with van der Waals surface area (Å²) in [7, 11) is -3.84. The molecule has 0 radical (unpaired) electrons. The fourth-order valence-electron chi connectivity index (χ4n) is 3.27. The highest BCUT2D eigenvalue weighted by atomic mass is 79.9. The minimum atomic E-state index is -3.84. The minimum Gasteiger partial charge on any atom is -0.378 e. The summed E-state index contributed by atoms with van der Waals surface area (Å²) >= 11 is 11.3. The van der Waals surface area contributed by atoms with Gasteiger partial charge in [0, 0.05) is 26.6 Å². The molecule has 10 heteroatoms. The molecule has 1 unspecified atom stereocenters. The van der Waals surface area contributed by atoms with E-state index in [1.807, 2.05) is 25.1 Å². The molecule has 158 valence electrons. The molecule has 0 amide bonds. The molecule has 30 heavy (non-hydrogen) atoms. The Bertz CT molecular complexity index is 1180. The first-order valence-corrected chi connectivity index (χ1v) is 13.0. The second-order valence-electron chi connectivity index (χ2n) is 6.97. The lowest BCUT2D eigenvalue weighted by molar-refractivity contribution is 0.412. The normalized spacial score (nSPS) is 16.3. The summed E-state index contributed by atoms with van der Waals surface area (Å²) in [5.74, 6) is 1.52. The van der Waals surface area contributed by atoms with Crippen molar-refractivity contribution in [2.45, 2.75) is 30.2 Å². The number of hydrogen-bond acceptors (Lipinski definition) is 6. The van der Waals surface area contributed by atoms with Crippen LogP contribution in [0.2, 0.25) is 5.02 Å². The number of thioether (sulfide) groups is 1. The molecule has 0 spiro atoms. The van der Waals surface area contributed by atoms with Gasteiger partial charge in [-0.1, -0.05) is 38.8 Å². The van der Waals surface area contributed by atoms with E-state index in [0.29, 0.717) is 28.7 Å². The van der Waals surface area contributed by atoms with Gasteiger partial charge in [0.05, 0.1) is 18.3 Å². The van der Waals surface area contributed by atoms with Gasteiger partial charge >= 0.3 is 0 Å². The predicted octanol–water partition coefficient (Wildman–Crippen LogP) is 5.28. The van der Waals surface area contributed by atoms with Crippen molar-refractivity contribution in [3.8, 4) is 0 Å². The number of fused-ring (bicyclic) bond motifs is 1. The van der Waals surface area contributed by atoms with Crippen LogP contribution in [0, 0.1) is 6.92 Å². The number of sulfonamides is 1. The number of benzene rings is 2. The Morgan fingerprint density at radius 2 is 2.13 bits per heavy atom. The monoisotopic (exact) mass is 527 g/mol. The zero-order valence-corrected chi connectivity index (χ0v) is 20.0. The molecule has 1 atom stereocenters. The summed E-state index contributed by atoms with van der Waals surface area (Å²) in [6.45, 7) is 2.21. The molecule has 1 aliphatic heterocycles. The van der Waals surface area contributed by atoms with Gasteiger partial charge in [0.2, 0.25) is 10.0 Å². The molecule has 2 heterocycles. The molecule has 2 aromatic carbocycles. The van der Waals surface area contributed by atoms with E-state index in [1.54, 1.807) is 30.2 Å². The van der Waals surface area contributed by atoms with Crippen molar-refractivity contribution >= 4 is 55.0 Å². The fraction of sp³-hybridized carbons (Fsp3) is 0.250. The molecule has 0 fully saturated rings. The van der Waals surface area contributed by atoms with Gasteiger partial charge in [0.25, 0.3) is 0 Å². The van der Waals surface area contributed by atoms with Crippen LogP contribution in [0.15, 0.2) is 56.6 Å². The van der Waals surface area contributed by atoms with Crippen LogP contribution in [-0.2, 0) is 22.3 Å². The van der Waals surface area contributed by atoms with E-state index in [9.17, 15) is 8.42 Å².